The minimum atomic E-state index is -4.48. The van der Waals surface area contributed by atoms with E-state index in [2.05, 4.69) is 4.72 Å². The zero-order chi connectivity index (χ0) is 26.6. The largest absolute Gasteiger partial charge is 0.480 e. The van der Waals surface area contributed by atoms with Crippen LogP contribution in [0.25, 0.3) is 0 Å². The van der Waals surface area contributed by atoms with Gasteiger partial charge >= 0.3 is 5.97 Å². The summed E-state index contributed by atoms with van der Waals surface area (Å²) in [6.07, 6.45) is -3.56. The van der Waals surface area contributed by atoms with Crippen molar-refractivity contribution in [2.45, 2.75) is 35.9 Å². The molecule has 0 aliphatic carbocycles. The third-order valence-corrected chi connectivity index (χ3v) is 7.17. The van der Waals surface area contributed by atoms with Crippen LogP contribution in [0.15, 0.2) is 83.8 Å². The zero-order valence-electron chi connectivity index (χ0n) is 19.2. The van der Waals surface area contributed by atoms with Crippen LogP contribution in [0.4, 0.5) is 4.39 Å². The summed E-state index contributed by atoms with van der Waals surface area (Å²) in [5.74, 6) is -2.67. The Bertz CT molecular complexity index is 1370. The Morgan fingerprint density at radius 1 is 1.03 bits per heavy atom. The molecule has 0 saturated carbocycles. The maximum Gasteiger partial charge on any atom is 0.328 e. The second kappa shape index (κ2) is 10.6. The smallest absolute Gasteiger partial charge is 0.328 e. The first-order valence-electron chi connectivity index (χ1n) is 11.0. The second-order valence-electron chi connectivity index (χ2n) is 8.26. The maximum absolute atomic E-state index is 13.2. The minimum absolute atomic E-state index is 0.0367. The van der Waals surface area contributed by atoms with Crippen LogP contribution in [-0.4, -0.2) is 43.3 Å². The predicted molar refractivity (Wildman–Crippen MR) is 127 cm³/mol. The Morgan fingerprint density at radius 3 is 2.19 bits per heavy atom. The van der Waals surface area contributed by atoms with E-state index in [-0.39, 0.29) is 17.3 Å². The molecular formula is C25H23FN2O8S. The van der Waals surface area contributed by atoms with Gasteiger partial charge in [0.05, 0.1) is 11.5 Å². The third kappa shape index (κ3) is 5.94. The summed E-state index contributed by atoms with van der Waals surface area (Å²) in [6, 6.07) is 19.2. The number of nitrogens with two attached hydrogens (primary N) is 1. The number of primary amides is 1. The third-order valence-electron chi connectivity index (χ3n) is 5.64. The Hall–Kier alpha value is -3.84. The van der Waals surface area contributed by atoms with Gasteiger partial charge in [-0.05, 0) is 54.1 Å². The van der Waals surface area contributed by atoms with Gasteiger partial charge in [0.2, 0.25) is 15.9 Å². The fourth-order valence-electron chi connectivity index (χ4n) is 3.82. The number of hydrogen-bond acceptors (Lipinski definition) is 7. The lowest BCUT2D eigenvalue weighted by Crippen LogP contribution is -2.62. The quantitative estimate of drug-likeness (QED) is 0.361. The minimum Gasteiger partial charge on any atom is -0.480 e. The number of ether oxygens (including phenoxy) is 3. The molecule has 194 valence electrons. The molecule has 10 nitrogen and oxygen atoms in total. The lowest BCUT2D eigenvalue weighted by Gasteiger charge is -2.28. The molecule has 1 fully saturated rings. The number of carboxylic acids is 1. The molecule has 4 rings (SSSR count). The molecule has 3 aromatic rings. The van der Waals surface area contributed by atoms with Crippen LogP contribution < -0.4 is 15.2 Å². The van der Waals surface area contributed by atoms with E-state index in [1.54, 1.807) is 24.3 Å². The van der Waals surface area contributed by atoms with Crippen LogP contribution in [0.1, 0.15) is 12.0 Å². The Balaban J connectivity index is 1.53. The number of hydrogen-bond donors (Lipinski definition) is 3. The van der Waals surface area contributed by atoms with Crippen molar-refractivity contribution in [1.82, 2.24) is 4.72 Å². The molecule has 3 unspecified atom stereocenters. The molecule has 3 aromatic carbocycles. The highest BCUT2D eigenvalue weighted by atomic mass is 32.2. The van der Waals surface area contributed by atoms with Crippen LogP contribution >= 0.6 is 0 Å². The molecule has 1 heterocycles. The van der Waals surface area contributed by atoms with Crippen molar-refractivity contribution in [3.8, 4) is 11.5 Å². The highest BCUT2D eigenvalue weighted by molar-refractivity contribution is 7.89. The van der Waals surface area contributed by atoms with Gasteiger partial charge in [-0.1, -0.05) is 30.3 Å². The Kier molecular flexibility index (Phi) is 7.55. The van der Waals surface area contributed by atoms with Crippen molar-refractivity contribution in [2.75, 3.05) is 0 Å². The van der Waals surface area contributed by atoms with Gasteiger partial charge in [0, 0.05) is 6.42 Å². The summed E-state index contributed by atoms with van der Waals surface area (Å²) in [5.41, 5.74) is 3.74. The lowest BCUT2D eigenvalue weighted by atomic mass is 9.92. The first kappa shape index (κ1) is 26.2. The molecule has 4 N–H and O–H groups in total. The van der Waals surface area contributed by atoms with Gasteiger partial charge in [-0.25, -0.2) is 12.8 Å². The van der Waals surface area contributed by atoms with Crippen LogP contribution in [-0.2, 0) is 35.7 Å². The standard InChI is InChI=1S/C25H23FN2O8S/c26-17-6-8-18(9-7-17)35-19-10-12-20(13-11-19)37(32,33)28-25(24(30)31)14-21(36-22(25)23(27)29)34-15-16-4-2-1-3-5-16/h1-13,21-22,28H,14-15H2,(H2,27,29)(H,30,31). The van der Waals surface area contributed by atoms with E-state index < -0.39 is 52.1 Å². The van der Waals surface area contributed by atoms with Gasteiger partial charge in [-0.2, -0.15) is 4.72 Å². The van der Waals surface area contributed by atoms with E-state index in [1.165, 1.54) is 48.5 Å². The summed E-state index contributed by atoms with van der Waals surface area (Å²) < 4.78 is 58.1. The highest BCUT2D eigenvalue weighted by Crippen LogP contribution is 2.34. The zero-order valence-corrected chi connectivity index (χ0v) is 20.1. The predicted octanol–water partition coefficient (Wildman–Crippen LogP) is 2.54. The summed E-state index contributed by atoms with van der Waals surface area (Å²) in [5, 5.41) is 10.0. The number of sulfonamides is 1. The fourth-order valence-corrected chi connectivity index (χ4v) is 5.19. The van der Waals surface area contributed by atoms with E-state index in [0.29, 0.717) is 5.75 Å². The molecule has 0 aromatic heterocycles. The average Bonchev–Trinajstić information content (AvgIpc) is 3.24. The van der Waals surface area contributed by atoms with Crippen molar-refractivity contribution in [3.63, 3.8) is 0 Å². The number of carboxylic acid groups (broad SMARTS) is 1. The number of halogens is 1. The van der Waals surface area contributed by atoms with Gasteiger partial charge in [-0.15, -0.1) is 0 Å². The number of benzene rings is 3. The van der Waals surface area contributed by atoms with Gasteiger partial charge in [0.1, 0.15) is 17.3 Å². The maximum atomic E-state index is 13.2. The SMILES string of the molecule is NC(=O)C1OC(OCc2ccccc2)CC1(NS(=O)(=O)c1ccc(Oc2ccc(F)cc2)cc1)C(=O)O. The van der Waals surface area contributed by atoms with E-state index in [9.17, 15) is 27.5 Å². The van der Waals surface area contributed by atoms with Crippen LogP contribution in [0.2, 0.25) is 0 Å². The average molecular weight is 531 g/mol. The van der Waals surface area contributed by atoms with Gasteiger partial charge in [-0.3, -0.25) is 9.59 Å². The normalized spacial score (nSPS) is 21.4. The van der Waals surface area contributed by atoms with Gasteiger partial charge in [0.15, 0.2) is 17.9 Å². The number of amides is 1. The monoisotopic (exact) mass is 530 g/mol. The molecule has 1 saturated heterocycles. The summed E-state index contributed by atoms with van der Waals surface area (Å²) in [6.45, 7) is 0.0367. The summed E-state index contributed by atoms with van der Waals surface area (Å²) >= 11 is 0. The Labute approximate surface area is 211 Å². The second-order valence-corrected chi connectivity index (χ2v) is 9.94. The first-order valence-corrected chi connectivity index (χ1v) is 12.5. The van der Waals surface area contributed by atoms with Crippen LogP contribution in [0.3, 0.4) is 0 Å². The van der Waals surface area contributed by atoms with Crippen molar-refractivity contribution in [3.05, 3.63) is 90.2 Å². The molecular weight excluding hydrogens is 507 g/mol. The lowest BCUT2D eigenvalue weighted by molar-refractivity contribution is -0.161. The fraction of sp³-hybridized carbons (Fsp3) is 0.200. The molecule has 0 radical (unpaired) electrons. The number of carbonyl (C=O) groups is 2. The highest BCUT2D eigenvalue weighted by Gasteiger charge is 2.59. The number of nitrogens with one attached hydrogen (secondary N) is 1. The van der Waals surface area contributed by atoms with E-state index in [4.69, 9.17) is 19.9 Å². The first-order chi connectivity index (χ1) is 17.6. The molecule has 1 amide bonds. The molecule has 37 heavy (non-hydrogen) atoms. The molecule has 12 heteroatoms. The molecule has 1 aliphatic heterocycles. The van der Waals surface area contributed by atoms with Crippen LogP contribution in [0, 0.1) is 5.82 Å². The molecule has 3 atom stereocenters. The summed E-state index contributed by atoms with van der Waals surface area (Å²) in [4.78, 5) is 24.1. The molecule has 0 bridgehead atoms. The number of carbonyl (C=O) groups excluding carboxylic acids is 1. The van der Waals surface area contributed by atoms with Crippen molar-refractivity contribution in [1.29, 1.82) is 0 Å². The van der Waals surface area contributed by atoms with Crippen LogP contribution in [0.5, 0.6) is 11.5 Å². The van der Waals surface area contributed by atoms with E-state index >= 15 is 0 Å². The Morgan fingerprint density at radius 2 is 1.62 bits per heavy atom. The van der Waals surface area contributed by atoms with Crippen molar-refractivity contribution >= 4 is 21.9 Å². The molecule has 1 aliphatic rings. The van der Waals surface area contributed by atoms with E-state index in [0.717, 1.165) is 5.56 Å². The van der Waals surface area contributed by atoms with Crippen molar-refractivity contribution in [2.24, 2.45) is 5.73 Å². The van der Waals surface area contributed by atoms with E-state index in [1.807, 2.05) is 6.07 Å². The van der Waals surface area contributed by atoms with Gasteiger partial charge in [0.25, 0.3) is 0 Å². The number of aliphatic carboxylic acids is 1. The van der Waals surface area contributed by atoms with Crippen molar-refractivity contribution < 1.29 is 41.7 Å². The molecule has 0 spiro atoms. The van der Waals surface area contributed by atoms with Gasteiger partial charge < -0.3 is 25.1 Å². The topological polar surface area (TPSA) is 154 Å². The number of rotatable bonds is 10. The summed E-state index contributed by atoms with van der Waals surface area (Å²) in [7, 11) is -4.48.